The summed E-state index contributed by atoms with van der Waals surface area (Å²) < 4.78 is 14.7. The Kier molecular flexibility index (Phi) is 5.03. The predicted octanol–water partition coefficient (Wildman–Crippen LogP) is 3.95. The van der Waals surface area contributed by atoms with Crippen molar-refractivity contribution >= 4 is 39.1 Å². The van der Waals surface area contributed by atoms with Gasteiger partial charge in [-0.1, -0.05) is 28.9 Å². The van der Waals surface area contributed by atoms with Crippen LogP contribution in [0.25, 0.3) is 0 Å². The fourth-order valence-electron chi connectivity index (χ4n) is 1.71. The van der Waals surface area contributed by atoms with Crippen LogP contribution in [0, 0.1) is 5.82 Å². The lowest BCUT2D eigenvalue weighted by Crippen LogP contribution is -2.14. The van der Waals surface area contributed by atoms with E-state index in [4.69, 9.17) is 22.5 Å². The molecule has 110 valence electrons. The van der Waals surface area contributed by atoms with E-state index in [0.717, 1.165) is 10.2 Å². The van der Waals surface area contributed by atoms with E-state index < -0.39 is 5.82 Å². The molecule has 7 heteroatoms. The second kappa shape index (κ2) is 6.78. The van der Waals surface area contributed by atoms with Gasteiger partial charge in [-0.2, -0.15) is 0 Å². The van der Waals surface area contributed by atoms with E-state index >= 15 is 0 Å². The summed E-state index contributed by atoms with van der Waals surface area (Å²) in [6.07, 6.45) is 0. The van der Waals surface area contributed by atoms with Crippen LogP contribution in [0.4, 0.5) is 10.1 Å². The normalized spacial score (nSPS) is 11.5. The molecule has 2 aromatic carbocycles. The molecular weight excluding hydrogens is 361 g/mol. The summed E-state index contributed by atoms with van der Waals surface area (Å²) in [7, 11) is 0. The minimum absolute atomic E-state index is 0.130. The zero-order valence-electron chi connectivity index (χ0n) is 10.8. The molecule has 0 aliphatic carbocycles. The van der Waals surface area contributed by atoms with Gasteiger partial charge in [0.25, 0.3) is 0 Å². The van der Waals surface area contributed by atoms with Crippen LogP contribution < -0.4 is 11.1 Å². The van der Waals surface area contributed by atoms with Crippen LogP contribution >= 0.6 is 27.5 Å². The lowest BCUT2D eigenvalue weighted by molar-refractivity contribution is 0.318. The largest absolute Gasteiger partial charge is 0.409 e. The van der Waals surface area contributed by atoms with Crippen molar-refractivity contribution in [3.8, 4) is 0 Å². The standard InChI is InChI=1S/C14H12BrClFN3O/c15-11-6-10(3-4-12(11)16)19-7-9-2-1-8(5-13(9)17)14(18)20-21/h1-6,19,21H,7H2,(H2,18,20). The van der Waals surface area contributed by atoms with Gasteiger partial charge in [0.2, 0.25) is 0 Å². The maximum absolute atomic E-state index is 13.9. The molecule has 0 bridgehead atoms. The Morgan fingerprint density at radius 1 is 1.33 bits per heavy atom. The van der Waals surface area contributed by atoms with Gasteiger partial charge in [-0.25, -0.2) is 4.39 Å². The zero-order valence-corrected chi connectivity index (χ0v) is 13.1. The van der Waals surface area contributed by atoms with Crippen molar-refractivity contribution in [2.75, 3.05) is 5.32 Å². The van der Waals surface area contributed by atoms with E-state index in [0.29, 0.717) is 22.7 Å². The number of nitrogens with one attached hydrogen (secondary N) is 1. The van der Waals surface area contributed by atoms with Crippen molar-refractivity contribution in [1.29, 1.82) is 0 Å². The van der Waals surface area contributed by atoms with Crippen LogP contribution in [0.2, 0.25) is 5.02 Å². The third-order valence-electron chi connectivity index (χ3n) is 2.86. The molecule has 0 atom stereocenters. The summed E-state index contributed by atoms with van der Waals surface area (Å²) in [5.74, 6) is -0.560. The van der Waals surface area contributed by atoms with Gasteiger partial charge < -0.3 is 16.3 Å². The Morgan fingerprint density at radius 3 is 2.71 bits per heavy atom. The van der Waals surface area contributed by atoms with E-state index in [9.17, 15) is 4.39 Å². The van der Waals surface area contributed by atoms with Gasteiger partial charge in [0.1, 0.15) is 5.82 Å². The zero-order chi connectivity index (χ0) is 15.4. The molecule has 2 aromatic rings. The van der Waals surface area contributed by atoms with Crippen LogP contribution in [0.1, 0.15) is 11.1 Å². The fraction of sp³-hybridized carbons (Fsp3) is 0.0714. The van der Waals surface area contributed by atoms with Crippen molar-refractivity contribution in [3.05, 3.63) is 62.8 Å². The first-order chi connectivity index (χ1) is 10.0. The number of rotatable bonds is 4. The molecule has 0 amide bonds. The summed E-state index contributed by atoms with van der Waals surface area (Å²) in [4.78, 5) is 0. The average Bonchev–Trinajstić information content (AvgIpc) is 2.48. The molecule has 0 saturated heterocycles. The molecule has 0 radical (unpaired) electrons. The number of oxime groups is 1. The molecular formula is C14H12BrClFN3O. The van der Waals surface area contributed by atoms with Crippen molar-refractivity contribution < 1.29 is 9.60 Å². The first-order valence-corrected chi connectivity index (χ1v) is 7.13. The molecule has 21 heavy (non-hydrogen) atoms. The van der Waals surface area contributed by atoms with Crippen molar-refractivity contribution in [1.82, 2.24) is 0 Å². The van der Waals surface area contributed by atoms with Crippen LogP contribution in [-0.2, 0) is 6.54 Å². The molecule has 4 nitrogen and oxygen atoms in total. The maximum Gasteiger partial charge on any atom is 0.170 e. The van der Waals surface area contributed by atoms with Crippen molar-refractivity contribution in [2.45, 2.75) is 6.54 Å². The summed E-state index contributed by atoms with van der Waals surface area (Å²) in [5, 5.41) is 15.1. The molecule has 0 aliphatic rings. The van der Waals surface area contributed by atoms with E-state index in [1.807, 2.05) is 6.07 Å². The smallest absolute Gasteiger partial charge is 0.170 e. The van der Waals surface area contributed by atoms with Crippen LogP contribution in [0.3, 0.4) is 0 Å². The second-order valence-corrected chi connectivity index (χ2v) is 5.54. The third-order valence-corrected chi connectivity index (χ3v) is 4.07. The highest BCUT2D eigenvalue weighted by Gasteiger charge is 2.07. The molecule has 0 unspecified atom stereocenters. The van der Waals surface area contributed by atoms with Gasteiger partial charge >= 0.3 is 0 Å². The number of anilines is 1. The molecule has 0 saturated carbocycles. The van der Waals surface area contributed by atoms with E-state index in [1.165, 1.54) is 6.07 Å². The first-order valence-electron chi connectivity index (χ1n) is 5.96. The summed E-state index contributed by atoms with van der Waals surface area (Å²) in [6, 6.07) is 9.75. The number of amidine groups is 1. The Bertz CT molecular complexity index is 694. The van der Waals surface area contributed by atoms with Gasteiger partial charge in [0.15, 0.2) is 5.84 Å². The molecule has 0 aromatic heterocycles. The summed E-state index contributed by atoms with van der Waals surface area (Å²) in [6.45, 7) is 0.302. The maximum atomic E-state index is 13.9. The van der Waals surface area contributed by atoms with Gasteiger partial charge in [-0.3, -0.25) is 0 Å². The minimum Gasteiger partial charge on any atom is -0.409 e. The molecule has 0 fully saturated rings. The molecule has 0 spiro atoms. The Balaban J connectivity index is 2.11. The number of benzene rings is 2. The van der Waals surface area contributed by atoms with E-state index in [-0.39, 0.29) is 5.84 Å². The van der Waals surface area contributed by atoms with Crippen LogP contribution in [-0.4, -0.2) is 11.0 Å². The quantitative estimate of drug-likeness (QED) is 0.329. The molecule has 0 aliphatic heterocycles. The predicted molar refractivity (Wildman–Crippen MR) is 85.4 cm³/mol. The molecule has 4 N–H and O–H groups in total. The monoisotopic (exact) mass is 371 g/mol. The Labute approximate surface area is 134 Å². The van der Waals surface area contributed by atoms with E-state index in [2.05, 4.69) is 26.4 Å². The summed E-state index contributed by atoms with van der Waals surface area (Å²) >= 11 is 9.23. The number of hydrogen-bond donors (Lipinski definition) is 3. The first kappa shape index (κ1) is 15.6. The highest BCUT2D eigenvalue weighted by atomic mass is 79.9. The van der Waals surface area contributed by atoms with Gasteiger partial charge in [0.05, 0.1) is 5.02 Å². The van der Waals surface area contributed by atoms with E-state index in [1.54, 1.807) is 24.3 Å². The highest BCUT2D eigenvalue weighted by Crippen LogP contribution is 2.26. The van der Waals surface area contributed by atoms with Crippen LogP contribution in [0.5, 0.6) is 0 Å². The molecule has 2 rings (SSSR count). The number of nitrogens with zero attached hydrogens (tertiary/aromatic N) is 1. The van der Waals surface area contributed by atoms with Crippen LogP contribution in [0.15, 0.2) is 46.0 Å². The highest BCUT2D eigenvalue weighted by molar-refractivity contribution is 9.10. The topological polar surface area (TPSA) is 70.6 Å². The van der Waals surface area contributed by atoms with Gasteiger partial charge in [-0.15, -0.1) is 0 Å². The summed E-state index contributed by atoms with van der Waals surface area (Å²) in [5.41, 5.74) is 7.02. The van der Waals surface area contributed by atoms with Crippen molar-refractivity contribution in [3.63, 3.8) is 0 Å². The Hall–Kier alpha value is -1.79. The second-order valence-electron chi connectivity index (χ2n) is 4.27. The number of nitrogens with two attached hydrogens (primary N) is 1. The third kappa shape index (κ3) is 3.86. The van der Waals surface area contributed by atoms with Crippen molar-refractivity contribution in [2.24, 2.45) is 10.9 Å². The van der Waals surface area contributed by atoms with Gasteiger partial charge in [-0.05, 0) is 40.2 Å². The minimum atomic E-state index is -0.431. The average molecular weight is 373 g/mol. The Morgan fingerprint density at radius 2 is 2.10 bits per heavy atom. The lowest BCUT2D eigenvalue weighted by atomic mass is 10.1. The number of halogens is 3. The van der Waals surface area contributed by atoms with Gasteiger partial charge in [0, 0.05) is 27.8 Å². The number of hydrogen-bond acceptors (Lipinski definition) is 3. The lowest BCUT2D eigenvalue weighted by Gasteiger charge is -2.09. The SMILES string of the molecule is N/C(=N/O)c1ccc(CNc2ccc(Cl)c(Br)c2)c(F)c1. The fourth-order valence-corrected chi connectivity index (χ4v) is 2.21. The molecule has 0 heterocycles.